The number of likely N-dealkylation sites (tertiary alicyclic amines) is 1. The van der Waals surface area contributed by atoms with Crippen LogP contribution in [-0.4, -0.2) is 51.0 Å². The smallest absolute Gasteiger partial charge is 0.410 e. The minimum atomic E-state index is -1.52. The van der Waals surface area contributed by atoms with Crippen molar-refractivity contribution in [2.24, 2.45) is 9.81 Å². The number of nitrogens with zero attached hydrogens (tertiary/aromatic N) is 2. The Morgan fingerprint density at radius 3 is 2.24 bits per heavy atom. The third kappa shape index (κ3) is 7.46. The van der Waals surface area contributed by atoms with E-state index in [1.54, 1.807) is 23.1 Å². The van der Waals surface area contributed by atoms with Crippen LogP contribution in [0.5, 0.6) is 5.75 Å². The van der Waals surface area contributed by atoms with Crippen molar-refractivity contribution < 1.29 is 18.5 Å². The predicted molar refractivity (Wildman–Crippen MR) is 142 cm³/mol. The van der Waals surface area contributed by atoms with E-state index in [9.17, 15) is 9.00 Å². The Morgan fingerprint density at radius 1 is 1.18 bits per heavy atom. The quantitative estimate of drug-likeness (QED) is 0.298. The lowest BCUT2D eigenvalue weighted by atomic mass is 9.74. The van der Waals surface area contributed by atoms with Gasteiger partial charge in [0, 0.05) is 30.1 Å². The normalized spacial score (nSPS) is 17.8. The van der Waals surface area contributed by atoms with E-state index in [0.717, 1.165) is 0 Å². The van der Waals surface area contributed by atoms with Crippen molar-refractivity contribution in [3.8, 4) is 5.75 Å². The Labute approximate surface area is 216 Å². The van der Waals surface area contributed by atoms with E-state index >= 15 is 0 Å². The zero-order valence-electron chi connectivity index (χ0n) is 21.2. The van der Waals surface area contributed by atoms with Crippen molar-refractivity contribution in [3.05, 3.63) is 40.4 Å². The molecular formula is C25H36Cl2N2O4S. The molecule has 1 saturated heterocycles. The fourth-order valence-electron chi connectivity index (χ4n) is 3.43. The highest BCUT2D eigenvalue weighted by Crippen LogP contribution is 2.41. The Balaban J connectivity index is 2.51. The predicted octanol–water partition coefficient (Wildman–Crippen LogP) is 6.85. The van der Waals surface area contributed by atoms with Gasteiger partial charge in [-0.1, -0.05) is 42.8 Å². The molecule has 0 radical (unpaired) electrons. The summed E-state index contributed by atoms with van der Waals surface area (Å²) in [5.74, 6) is 0.495. The summed E-state index contributed by atoms with van der Waals surface area (Å²) in [6.07, 6.45) is 2.51. The first-order valence-corrected chi connectivity index (χ1v) is 13.2. The lowest BCUT2D eigenvalue weighted by molar-refractivity contribution is 0.0166. The van der Waals surface area contributed by atoms with Crippen LogP contribution in [0.25, 0.3) is 0 Å². The molecule has 6 nitrogen and oxygen atoms in total. The van der Waals surface area contributed by atoms with Crippen LogP contribution < -0.4 is 4.74 Å². The lowest BCUT2D eigenvalue weighted by Crippen LogP contribution is -2.47. The van der Waals surface area contributed by atoms with E-state index < -0.39 is 26.7 Å². The molecule has 0 aromatic heterocycles. The minimum Gasteiger partial charge on any atom is -0.489 e. The van der Waals surface area contributed by atoms with Crippen molar-refractivity contribution in [2.45, 2.75) is 71.7 Å². The van der Waals surface area contributed by atoms with Gasteiger partial charge in [0.25, 0.3) is 0 Å². The van der Waals surface area contributed by atoms with Gasteiger partial charge in [0.15, 0.2) is 0 Å². The third-order valence-electron chi connectivity index (χ3n) is 5.42. The molecule has 1 atom stereocenters. The van der Waals surface area contributed by atoms with Crippen LogP contribution in [-0.2, 0) is 15.7 Å². The average molecular weight is 532 g/mol. The number of carbonyl (C=O) groups excluding carboxylic acids is 1. The fraction of sp³-hybridized carbons (Fsp3) is 0.600. The number of halogens is 2. The standard InChI is InChI=1S/C25H36Cl2N2O4S/c1-9-14-32-20-16-19(27)18(26)15-17(20)21(28-34(31)24(5,6)7)25(8)10-12-29(13-11-25)22(30)33-23(2,3)4/h9,15-16H,1,10-14H2,2-8H3. The number of amides is 1. The van der Waals surface area contributed by atoms with Gasteiger partial charge < -0.3 is 14.4 Å². The number of benzene rings is 1. The lowest BCUT2D eigenvalue weighted by Gasteiger charge is -2.40. The first-order chi connectivity index (χ1) is 15.6. The molecule has 190 valence electrons. The van der Waals surface area contributed by atoms with Gasteiger partial charge in [-0.05, 0) is 60.5 Å². The maximum atomic E-state index is 13.2. The second-order valence-corrected chi connectivity index (χ2v) is 13.4. The first-order valence-electron chi connectivity index (χ1n) is 11.3. The maximum Gasteiger partial charge on any atom is 0.410 e. The molecule has 1 aromatic rings. The molecule has 1 fully saturated rings. The average Bonchev–Trinajstić information content (AvgIpc) is 2.71. The molecule has 9 heteroatoms. The second kappa shape index (κ2) is 11.0. The topological polar surface area (TPSA) is 68.2 Å². The molecular weight excluding hydrogens is 495 g/mol. The number of piperidine rings is 1. The molecule has 1 heterocycles. The van der Waals surface area contributed by atoms with Crippen molar-refractivity contribution >= 4 is 46.0 Å². The highest BCUT2D eigenvalue weighted by Gasteiger charge is 2.40. The molecule has 0 aliphatic carbocycles. The zero-order chi connectivity index (χ0) is 25.9. The van der Waals surface area contributed by atoms with Gasteiger partial charge in [0.2, 0.25) is 0 Å². The van der Waals surface area contributed by atoms with Crippen LogP contribution in [0.2, 0.25) is 10.0 Å². The molecule has 0 saturated carbocycles. The minimum absolute atomic E-state index is 0.268. The Bertz CT molecular complexity index is 972. The van der Waals surface area contributed by atoms with E-state index in [-0.39, 0.29) is 12.7 Å². The van der Waals surface area contributed by atoms with Crippen LogP contribution in [0.1, 0.15) is 66.9 Å². The van der Waals surface area contributed by atoms with Gasteiger partial charge in [-0.2, -0.15) is 4.40 Å². The van der Waals surface area contributed by atoms with Crippen molar-refractivity contribution in [1.29, 1.82) is 0 Å². The van der Waals surface area contributed by atoms with E-state index in [0.29, 0.717) is 53.0 Å². The van der Waals surface area contributed by atoms with Gasteiger partial charge in [0.1, 0.15) is 28.9 Å². The number of carbonyl (C=O) groups is 1. The highest BCUT2D eigenvalue weighted by atomic mass is 35.5. The molecule has 0 N–H and O–H groups in total. The van der Waals surface area contributed by atoms with Gasteiger partial charge >= 0.3 is 6.09 Å². The fourth-order valence-corrected chi connectivity index (χ4v) is 4.51. The van der Waals surface area contributed by atoms with Crippen molar-refractivity contribution in [2.75, 3.05) is 19.7 Å². The van der Waals surface area contributed by atoms with E-state index in [2.05, 4.69) is 13.5 Å². The number of hydrogen-bond donors (Lipinski definition) is 0. The molecule has 1 aliphatic heterocycles. The summed E-state index contributed by atoms with van der Waals surface area (Å²) in [5, 5.41) is 0.706. The molecule has 1 aliphatic rings. The number of rotatable bonds is 6. The molecule has 34 heavy (non-hydrogen) atoms. The number of ether oxygens (including phenoxy) is 2. The Kier molecular flexibility index (Phi) is 9.28. The van der Waals surface area contributed by atoms with Gasteiger partial charge in [-0.15, -0.1) is 0 Å². The van der Waals surface area contributed by atoms with Gasteiger partial charge in [-0.25, -0.2) is 9.00 Å². The summed E-state index contributed by atoms with van der Waals surface area (Å²) in [5.41, 5.74) is 0.221. The van der Waals surface area contributed by atoms with Crippen molar-refractivity contribution in [3.63, 3.8) is 0 Å². The van der Waals surface area contributed by atoms with E-state index in [1.807, 2.05) is 41.5 Å². The molecule has 0 bridgehead atoms. The first kappa shape index (κ1) is 28.7. The monoisotopic (exact) mass is 530 g/mol. The summed E-state index contributed by atoms with van der Waals surface area (Å²) >= 11 is 12.7. The third-order valence-corrected chi connectivity index (χ3v) is 7.54. The summed E-state index contributed by atoms with van der Waals surface area (Å²) < 4.78 is 28.8. The van der Waals surface area contributed by atoms with Crippen LogP contribution in [0.3, 0.4) is 0 Å². The van der Waals surface area contributed by atoms with Crippen LogP contribution >= 0.6 is 23.2 Å². The Morgan fingerprint density at radius 2 is 1.74 bits per heavy atom. The Hall–Kier alpha value is -1.57. The summed E-state index contributed by atoms with van der Waals surface area (Å²) in [7, 11) is -1.52. The summed E-state index contributed by atoms with van der Waals surface area (Å²) in [6.45, 7) is 18.2. The summed E-state index contributed by atoms with van der Waals surface area (Å²) in [4.78, 5) is 14.3. The molecule has 1 amide bonds. The second-order valence-electron chi connectivity index (χ2n) is 10.7. The molecule has 1 unspecified atom stereocenters. The molecule has 2 rings (SSSR count). The van der Waals surface area contributed by atoms with E-state index in [4.69, 9.17) is 37.1 Å². The molecule has 1 aromatic carbocycles. The maximum absolute atomic E-state index is 13.2. The van der Waals surface area contributed by atoms with Gasteiger partial charge in [0.05, 0.1) is 20.5 Å². The van der Waals surface area contributed by atoms with Crippen LogP contribution in [0.15, 0.2) is 29.2 Å². The SMILES string of the molecule is C=CCOc1cc(Cl)c(Cl)cc1C(=NS(=O)C(C)(C)C)C1(C)CCN(C(=O)OC(C)(C)C)CC1. The zero-order valence-corrected chi connectivity index (χ0v) is 23.5. The number of hydrogen-bond acceptors (Lipinski definition) is 4. The largest absolute Gasteiger partial charge is 0.489 e. The van der Waals surface area contributed by atoms with Crippen LogP contribution in [0.4, 0.5) is 4.79 Å². The van der Waals surface area contributed by atoms with E-state index in [1.165, 1.54) is 0 Å². The molecule has 0 spiro atoms. The van der Waals surface area contributed by atoms with Crippen LogP contribution in [0, 0.1) is 5.41 Å². The van der Waals surface area contributed by atoms with Gasteiger partial charge in [-0.3, -0.25) is 0 Å². The van der Waals surface area contributed by atoms with Crippen molar-refractivity contribution in [1.82, 2.24) is 4.90 Å². The highest BCUT2D eigenvalue weighted by molar-refractivity contribution is 7.85. The summed E-state index contributed by atoms with van der Waals surface area (Å²) in [6, 6.07) is 3.37.